The topological polar surface area (TPSA) is 96.0 Å². The molecule has 28 heavy (non-hydrogen) atoms. The number of nitrogens with zero attached hydrogens (tertiary/aromatic N) is 2. The van der Waals surface area contributed by atoms with Gasteiger partial charge in [0.15, 0.2) is 0 Å². The van der Waals surface area contributed by atoms with Gasteiger partial charge in [0.05, 0.1) is 18.6 Å². The number of ether oxygens (including phenoxy) is 1. The van der Waals surface area contributed by atoms with E-state index in [1.165, 1.54) is 11.4 Å². The summed E-state index contributed by atoms with van der Waals surface area (Å²) in [5.41, 5.74) is 1.04. The Balaban J connectivity index is 1.91. The Morgan fingerprint density at radius 2 is 1.64 bits per heavy atom. The zero-order valence-corrected chi connectivity index (χ0v) is 17.7. The van der Waals surface area contributed by atoms with Crippen molar-refractivity contribution in [1.82, 2.24) is 14.5 Å². The summed E-state index contributed by atoms with van der Waals surface area (Å²) in [7, 11) is -2.30. The first-order chi connectivity index (χ1) is 13.0. The van der Waals surface area contributed by atoms with Crippen LogP contribution in [-0.2, 0) is 29.8 Å². The van der Waals surface area contributed by atoms with Crippen LogP contribution in [-0.4, -0.2) is 75.9 Å². The van der Waals surface area contributed by atoms with E-state index in [0.717, 1.165) is 5.56 Å². The summed E-state index contributed by atoms with van der Waals surface area (Å²) in [5.74, 6) is -0.804. The fraction of sp³-hybridized carbons (Fsp3) is 0.579. The fourth-order valence-corrected chi connectivity index (χ4v) is 4.33. The third kappa shape index (κ3) is 5.76. The lowest BCUT2D eigenvalue weighted by Crippen LogP contribution is -2.51. The number of amides is 1. The van der Waals surface area contributed by atoms with Gasteiger partial charge in [-0.15, -0.1) is 0 Å². The molecule has 1 aliphatic rings. The molecule has 0 aliphatic carbocycles. The lowest BCUT2D eigenvalue weighted by atomic mass is 9.87. The number of methoxy groups -OCH3 is 1. The van der Waals surface area contributed by atoms with Crippen molar-refractivity contribution in [1.29, 1.82) is 0 Å². The van der Waals surface area contributed by atoms with Gasteiger partial charge < -0.3 is 10.1 Å². The minimum absolute atomic E-state index is 0.0393. The number of carbonyl (C=O) groups excluding carboxylic acids is 2. The smallest absolute Gasteiger partial charge is 0.325 e. The molecule has 0 radical (unpaired) electrons. The van der Waals surface area contributed by atoms with Crippen LogP contribution in [0.3, 0.4) is 0 Å². The van der Waals surface area contributed by atoms with Gasteiger partial charge in [-0.3, -0.25) is 14.5 Å². The molecule has 0 saturated carbocycles. The number of rotatable bonds is 6. The Morgan fingerprint density at radius 3 is 2.14 bits per heavy atom. The van der Waals surface area contributed by atoms with Crippen molar-refractivity contribution in [2.45, 2.75) is 31.1 Å². The standard InChI is InChI=1S/C19H29N3O5S/c1-19(2,3)15-5-7-16(8-6-15)28(25,26)22-11-9-21(10-12-22)14-17(23)20-13-18(24)27-4/h5-8H,9-14H2,1-4H3,(H,20,23). The van der Waals surface area contributed by atoms with Crippen LogP contribution in [0.5, 0.6) is 0 Å². The summed E-state index contributed by atoms with van der Waals surface area (Å²) in [5, 5.41) is 2.48. The van der Waals surface area contributed by atoms with Crippen LogP contribution in [0.1, 0.15) is 26.3 Å². The van der Waals surface area contributed by atoms with Crippen molar-refractivity contribution >= 4 is 21.9 Å². The third-order valence-electron chi connectivity index (χ3n) is 4.71. The second kappa shape index (κ2) is 9.02. The highest BCUT2D eigenvalue weighted by Crippen LogP contribution is 2.25. The average Bonchev–Trinajstić information content (AvgIpc) is 2.66. The summed E-state index contributed by atoms with van der Waals surface area (Å²) >= 11 is 0. The summed E-state index contributed by atoms with van der Waals surface area (Å²) in [6.07, 6.45) is 0. The molecule has 0 bridgehead atoms. The van der Waals surface area contributed by atoms with E-state index in [1.807, 2.05) is 17.0 Å². The van der Waals surface area contributed by atoms with Gasteiger partial charge in [0, 0.05) is 26.2 Å². The number of esters is 1. The molecular formula is C19H29N3O5S. The molecule has 1 aliphatic heterocycles. The van der Waals surface area contributed by atoms with Gasteiger partial charge in [0.2, 0.25) is 15.9 Å². The highest BCUT2D eigenvalue weighted by molar-refractivity contribution is 7.89. The van der Waals surface area contributed by atoms with Crippen molar-refractivity contribution in [3.05, 3.63) is 29.8 Å². The van der Waals surface area contributed by atoms with Crippen LogP contribution in [0.4, 0.5) is 0 Å². The molecule has 0 atom stereocenters. The molecule has 1 aromatic carbocycles. The van der Waals surface area contributed by atoms with Crippen LogP contribution in [0.15, 0.2) is 29.2 Å². The monoisotopic (exact) mass is 411 g/mol. The largest absolute Gasteiger partial charge is 0.468 e. The van der Waals surface area contributed by atoms with Crippen molar-refractivity contribution in [2.24, 2.45) is 0 Å². The maximum absolute atomic E-state index is 12.9. The Hall–Kier alpha value is -1.97. The summed E-state index contributed by atoms with van der Waals surface area (Å²) in [6, 6.07) is 7.02. The van der Waals surface area contributed by atoms with Crippen molar-refractivity contribution in [3.63, 3.8) is 0 Å². The van der Waals surface area contributed by atoms with E-state index in [1.54, 1.807) is 12.1 Å². The molecule has 8 nitrogen and oxygen atoms in total. The number of carbonyl (C=O) groups is 2. The summed E-state index contributed by atoms with van der Waals surface area (Å²) in [6.45, 7) is 7.71. The summed E-state index contributed by atoms with van der Waals surface area (Å²) < 4.78 is 31.6. The van der Waals surface area contributed by atoms with Gasteiger partial charge in [-0.05, 0) is 23.1 Å². The number of benzene rings is 1. The minimum atomic E-state index is -3.56. The van der Waals surface area contributed by atoms with Crippen molar-refractivity contribution in [3.8, 4) is 0 Å². The van der Waals surface area contributed by atoms with Gasteiger partial charge in [0.1, 0.15) is 6.54 Å². The zero-order chi connectivity index (χ0) is 20.9. The lowest BCUT2D eigenvalue weighted by molar-refractivity contribution is -0.141. The number of hydrogen-bond acceptors (Lipinski definition) is 6. The SMILES string of the molecule is COC(=O)CNC(=O)CN1CCN(S(=O)(=O)c2ccc(C(C)(C)C)cc2)CC1. The van der Waals surface area contributed by atoms with E-state index in [2.05, 4.69) is 30.8 Å². The molecule has 1 saturated heterocycles. The van der Waals surface area contributed by atoms with Crippen LogP contribution >= 0.6 is 0 Å². The average molecular weight is 412 g/mol. The normalized spacial score (nSPS) is 16.6. The molecule has 0 unspecified atom stereocenters. The van der Waals surface area contributed by atoms with Crippen LogP contribution in [0.25, 0.3) is 0 Å². The second-order valence-corrected chi connectivity index (χ2v) is 9.75. The van der Waals surface area contributed by atoms with Gasteiger partial charge >= 0.3 is 5.97 Å². The molecule has 1 aromatic rings. The van der Waals surface area contributed by atoms with Crippen molar-refractivity contribution < 1.29 is 22.7 Å². The first-order valence-electron chi connectivity index (χ1n) is 9.20. The van der Waals surface area contributed by atoms with E-state index in [9.17, 15) is 18.0 Å². The zero-order valence-electron chi connectivity index (χ0n) is 16.9. The number of hydrogen-bond donors (Lipinski definition) is 1. The summed E-state index contributed by atoms with van der Waals surface area (Å²) in [4.78, 5) is 25.0. The third-order valence-corrected chi connectivity index (χ3v) is 6.63. The molecule has 0 spiro atoms. The van der Waals surface area contributed by atoms with Crippen LogP contribution in [0, 0.1) is 0 Å². The Bertz CT molecular complexity index is 792. The van der Waals surface area contributed by atoms with Crippen molar-refractivity contribution in [2.75, 3.05) is 46.4 Å². The maximum Gasteiger partial charge on any atom is 0.325 e. The Kier molecular flexibility index (Phi) is 7.19. The predicted octanol–water partition coefficient (Wildman–Crippen LogP) is 0.580. The molecule has 1 amide bonds. The van der Waals surface area contributed by atoms with E-state index >= 15 is 0 Å². The Labute approximate surface area is 166 Å². The fourth-order valence-electron chi connectivity index (χ4n) is 2.91. The molecule has 0 aromatic heterocycles. The number of piperazine rings is 1. The molecule has 2 rings (SSSR count). The minimum Gasteiger partial charge on any atom is -0.468 e. The van der Waals surface area contributed by atoms with E-state index in [0.29, 0.717) is 26.2 Å². The first-order valence-corrected chi connectivity index (χ1v) is 10.6. The second-order valence-electron chi connectivity index (χ2n) is 7.81. The molecule has 1 fully saturated rings. The van der Waals surface area contributed by atoms with Crippen LogP contribution < -0.4 is 5.32 Å². The van der Waals surface area contributed by atoms with Gasteiger partial charge in [-0.25, -0.2) is 8.42 Å². The van der Waals surface area contributed by atoms with Gasteiger partial charge in [0.25, 0.3) is 0 Å². The molecule has 156 valence electrons. The highest BCUT2D eigenvalue weighted by atomic mass is 32.2. The number of sulfonamides is 1. The van der Waals surface area contributed by atoms with Gasteiger partial charge in [-0.1, -0.05) is 32.9 Å². The quantitative estimate of drug-likeness (QED) is 0.688. The molecular weight excluding hydrogens is 382 g/mol. The van der Waals surface area contributed by atoms with E-state index in [-0.39, 0.29) is 29.3 Å². The number of nitrogens with one attached hydrogen (secondary N) is 1. The molecule has 1 N–H and O–H groups in total. The molecule has 1 heterocycles. The van der Waals surface area contributed by atoms with E-state index < -0.39 is 16.0 Å². The molecule has 9 heteroatoms. The lowest BCUT2D eigenvalue weighted by Gasteiger charge is -2.33. The Morgan fingerprint density at radius 1 is 1.07 bits per heavy atom. The predicted molar refractivity (Wildman–Crippen MR) is 105 cm³/mol. The maximum atomic E-state index is 12.9. The van der Waals surface area contributed by atoms with Crippen LogP contribution in [0.2, 0.25) is 0 Å². The van der Waals surface area contributed by atoms with Gasteiger partial charge in [-0.2, -0.15) is 4.31 Å². The first kappa shape index (κ1) is 22.3. The van der Waals surface area contributed by atoms with E-state index in [4.69, 9.17) is 0 Å². The highest BCUT2D eigenvalue weighted by Gasteiger charge is 2.29.